The zero-order chi connectivity index (χ0) is 15.6. The average Bonchev–Trinajstić information content (AvgIpc) is 2.78. The molecular formula is C14H17ClN2O2S2. The van der Waals surface area contributed by atoms with Crippen molar-refractivity contribution < 1.29 is 8.42 Å². The number of sulfonamides is 1. The molecule has 21 heavy (non-hydrogen) atoms. The fourth-order valence-electron chi connectivity index (χ4n) is 1.90. The minimum atomic E-state index is -3.60. The van der Waals surface area contributed by atoms with Gasteiger partial charge in [0.25, 0.3) is 10.0 Å². The molecule has 1 heterocycles. The van der Waals surface area contributed by atoms with Gasteiger partial charge in [-0.15, -0.1) is 11.3 Å². The van der Waals surface area contributed by atoms with Gasteiger partial charge in [0.2, 0.25) is 0 Å². The lowest BCUT2D eigenvalue weighted by molar-refractivity contribution is 0.592. The smallest absolute Gasteiger partial charge is 0.273 e. The molecule has 0 aliphatic heterocycles. The van der Waals surface area contributed by atoms with Gasteiger partial charge in [-0.3, -0.25) is 4.31 Å². The minimum absolute atomic E-state index is 0.260. The van der Waals surface area contributed by atoms with Crippen LogP contribution in [-0.2, 0) is 10.0 Å². The van der Waals surface area contributed by atoms with E-state index in [1.807, 2.05) is 6.92 Å². The summed E-state index contributed by atoms with van der Waals surface area (Å²) in [5, 5.41) is 0. The van der Waals surface area contributed by atoms with Crippen LogP contribution < -0.4 is 10.0 Å². The van der Waals surface area contributed by atoms with E-state index in [1.54, 1.807) is 37.3 Å². The zero-order valence-electron chi connectivity index (χ0n) is 11.8. The molecule has 0 aliphatic rings. The third kappa shape index (κ3) is 3.33. The van der Waals surface area contributed by atoms with Gasteiger partial charge >= 0.3 is 0 Å². The Bertz CT molecular complexity index is 704. The second-order valence-corrected chi connectivity index (χ2v) is 8.43. The second kappa shape index (κ2) is 6.25. The van der Waals surface area contributed by atoms with E-state index in [-0.39, 0.29) is 4.21 Å². The molecule has 0 radical (unpaired) electrons. The van der Waals surface area contributed by atoms with Crippen molar-refractivity contribution in [2.45, 2.75) is 24.5 Å². The molecule has 0 spiro atoms. The molecule has 0 atom stereocenters. The summed E-state index contributed by atoms with van der Waals surface area (Å²) in [6.45, 7) is 4.14. The lowest BCUT2D eigenvalue weighted by Gasteiger charge is -2.23. The maximum absolute atomic E-state index is 12.8. The molecule has 4 nitrogen and oxygen atoms in total. The molecule has 2 N–H and O–H groups in total. The first-order valence-corrected chi connectivity index (χ1v) is 9.14. The van der Waals surface area contributed by atoms with Crippen LogP contribution in [0.2, 0.25) is 4.34 Å². The summed E-state index contributed by atoms with van der Waals surface area (Å²) in [6, 6.07) is 8.43. The van der Waals surface area contributed by atoms with Crippen molar-refractivity contribution >= 4 is 44.3 Å². The first-order chi connectivity index (χ1) is 9.86. The van der Waals surface area contributed by atoms with Gasteiger partial charge in [0.05, 0.1) is 10.0 Å². The summed E-state index contributed by atoms with van der Waals surface area (Å²) < 4.78 is 27.8. The number of halogens is 1. The standard InChI is InChI=1S/C14H17ClN2O2S2/c1-3-8-17(12-6-4-11(16)5-7-12)21(18,19)13-9-10(2)14(15)20-13/h4-7,9H,3,8,16H2,1-2H3. The van der Waals surface area contributed by atoms with Crippen molar-refractivity contribution in [3.63, 3.8) is 0 Å². The highest BCUT2D eigenvalue weighted by molar-refractivity contribution is 7.94. The quantitative estimate of drug-likeness (QED) is 0.837. The topological polar surface area (TPSA) is 63.4 Å². The summed E-state index contributed by atoms with van der Waals surface area (Å²) in [5.41, 5.74) is 7.64. The molecule has 0 fully saturated rings. The molecule has 2 rings (SSSR count). The van der Waals surface area contributed by atoms with E-state index in [2.05, 4.69) is 0 Å². The van der Waals surface area contributed by atoms with Gasteiger partial charge in [-0.05, 0) is 49.2 Å². The molecule has 2 aromatic rings. The van der Waals surface area contributed by atoms with Crippen molar-refractivity contribution in [2.75, 3.05) is 16.6 Å². The molecule has 0 unspecified atom stereocenters. The maximum atomic E-state index is 12.8. The molecule has 7 heteroatoms. The van der Waals surface area contributed by atoms with Crippen molar-refractivity contribution in [1.82, 2.24) is 0 Å². The Kier molecular flexibility index (Phi) is 4.81. The van der Waals surface area contributed by atoms with E-state index in [1.165, 1.54) is 4.31 Å². The van der Waals surface area contributed by atoms with E-state index in [0.29, 0.717) is 28.7 Å². The normalized spacial score (nSPS) is 11.6. The average molecular weight is 345 g/mol. The molecule has 0 saturated carbocycles. The maximum Gasteiger partial charge on any atom is 0.273 e. The van der Waals surface area contributed by atoms with Crippen molar-refractivity contribution in [3.05, 3.63) is 40.2 Å². The number of thiophene rings is 1. The predicted molar refractivity (Wildman–Crippen MR) is 89.7 cm³/mol. The van der Waals surface area contributed by atoms with Gasteiger partial charge in [-0.1, -0.05) is 18.5 Å². The van der Waals surface area contributed by atoms with Crippen LogP contribution >= 0.6 is 22.9 Å². The summed E-state index contributed by atoms with van der Waals surface area (Å²) in [7, 11) is -3.60. The molecule has 0 aliphatic carbocycles. The van der Waals surface area contributed by atoms with E-state index < -0.39 is 10.0 Å². The summed E-state index contributed by atoms with van der Waals surface area (Å²) >= 11 is 7.09. The number of anilines is 2. The highest BCUT2D eigenvalue weighted by Gasteiger charge is 2.26. The number of nitrogen functional groups attached to an aromatic ring is 1. The lowest BCUT2D eigenvalue weighted by atomic mass is 10.3. The minimum Gasteiger partial charge on any atom is -0.399 e. The Hall–Kier alpha value is -1.24. The van der Waals surface area contributed by atoms with Crippen LogP contribution in [0.4, 0.5) is 11.4 Å². The first-order valence-electron chi connectivity index (χ1n) is 6.50. The Labute approximate surface area is 134 Å². The number of aryl methyl sites for hydroxylation is 1. The summed E-state index contributed by atoms with van der Waals surface area (Å²) in [4.78, 5) is 0. The summed E-state index contributed by atoms with van der Waals surface area (Å²) in [6.07, 6.45) is 0.710. The van der Waals surface area contributed by atoms with Gasteiger partial charge in [0.1, 0.15) is 4.21 Å². The Morgan fingerprint density at radius 3 is 2.38 bits per heavy atom. The van der Waals surface area contributed by atoms with E-state index >= 15 is 0 Å². The van der Waals surface area contributed by atoms with Gasteiger partial charge in [-0.25, -0.2) is 8.42 Å². The van der Waals surface area contributed by atoms with Crippen LogP contribution in [0.5, 0.6) is 0 Å². The van der Waals surface area contributed by atoms with Crippen LogP contribution in [0, 0.1) is 6.92 Å². The Morgan fingerprint density at radius 2 is 1.90 bits per heavy atom. The monoisotopic (exact) mass is 344 g/mol. The fourth-order valence-corrected chi connectivity index (χ4v) is 5.28. The number of hydrogen-bond acceptors (Lipinski definition) is 4. The van der Waals surface area contributed by atoms with Crippen molar-refractivity contribution in [3.8, 4) is 0 Å². The van der Waals surface area contributed by atoms with E-state index in [4.69, 9.17) is 17.3 Å². The van der Waals surface area contributed by atoms with Crippen molar-refractivity contribution in [2.24, 2.45) is 0 Å². The lowest BCUT2D eigenvalue weighted by Crippen LogP contribution is -2.31. The number of nitrogens with two attached hydrogens (primary N) is 1. The predicted octanol–water partition coefficient (Wildman–Crippen LogP) is 3.90. The van der Waals surface area contributed by atoms with Crippen LogP contribution in [-0.4, -0.2) is 15.0 Å². The van der Waals surface area contributed by atoms with Crippen molar-refractivity contribution in [1.29, 1.82) is 0 Å². The molecule has 0 bridgehead atoms. The molecule has 1 aromatic carbocycles. The van der Waals surface area contributed by atoms with E-state index in [9.17, 15) is 8.42 Å². The first kappa shape index (κ1) is 16.1. The third-order valence-electron chi connectivity index (χ3n) is 2.99. The van der Waals surface area contributed by atoms with Gasteiger partial charge in [-0.2, -0.15) is 0 Å². The van der Waals surface area contributed by atoms with Crippen LogP contribution in [0.25, 0.3) is 0 Å². The number of nitrogens with zero attached hydrogens (tertiary/aromatic N) is 1. The molecule has 1 aromatic heterocycles. The summed E-state index contributed by atoms with van der Waals surface area (Å²) in [5.74, 6) is 0. The van der Waals surface area contributed by atoms with Gasteiger partial charge in [0, 0.05) is 12.2 Å². The molecular weight excluding hydrogens is 328 g/mol. The van der Waals surface area contributed by atoms with Gasteiger partial charge < -0.3 is 5.73 Å². The Morgan fingerprint density at radius 1 is 1.29 bits per heavy atom. The zero-order valence-corrected chi connectivity index (χ0v) is 14.2. The number of rotatable bonds is 5. The number of benzene rings is 1. The highest BCUT2D eigenvalue weighted by Crippen LogP contribution is 2.34. The molecule has 114 valence electrons. The number of hydrogen-bond donors (Lipinski definition) is 1. The van der Waals surface area contributed by atoms with Crippen LogP contribution in [0.1, 0.15) is 18.9 Å². The second-order valence-electron chi connectivity index (χ2n) is 4.69. The van der Waals surface area contributed by atoms with Crippen LogP contribution in [0.3, 0.4) is 0 Å². The molecule has 0 amide bonds. The fraction of sp³-hybridized carbons (Fsp3) is 0.286. The third-order valence-corrected chi connectivity index (χ3v) is 6.82. The highest BCUT2D eigenvalue weighted by atomic mass is 35.5. The Balaban J connectivity index is 2.48. The van der Waals surface area contributed by atoms with Gasteiger partial charge in [0.15, 0.2) is 0 Å². The molecule has 0 saturated heterocycles. The SMILES string of the molecule is CCCN(c1ccc(N)cc1)S(=O)(=O)c1cc(C)c(Cl)s1. The largest absolute Gasteiger partial charge is 0.399 e. The van der Waals surface area contributed by atoms with Crippen LogP contribution in [0.15, 0.2) is 34.5 Å². The van der Waals surface area contributed by atoms with E-state index in [0.717, 1.165) is 16.9 Å².